The van der Waals surface area contributed by atoms with Gasteiger partial charge in [0.05, 0.1) is 26.3 Å². The van der Waals surface area contributed by atoms with Crippen molar-refractivity contribution in [2.45, 2.75) is 13.5 Å². The fourth-order valence-electron chi connectivity index (χ4n) is 3.55. The highest BCUT2D eigenvalue weighted by molar-refractivity contribution is 6.36. The first kappa shape index (κ1) is 21.1. The fraction of sp³-hybridized carbons (Fsp3) is 0.160. The van der Waals surface area contributed by atoms with Crippen LogP contribution in [0.2, 0.25) is 0 Å². The summed E-state index contributed by atoms with van der Waals surface area (Å²) in [6, 6.07) is 16.3. The van der Waals surface area contributed by atoms with Crippen molar-refractivity contribution in [2.75, 3.05) is 19.5 Å². The third-order valence-corrected chi connectivity index (χ3v) is 5.25. The fourth-order valence-corrected chi connectivity index (χ4v) is 3.55. The number of methoxy groups -OCH3 is 2. The van der Waals surface area contributed by atoms with Gasteiger partial charge in [-0.25, -0.2) is 0 Å². The number of pyridine rings is 1. The first-order valence-electron chi connectivity index (χ1n) is 10.1. The Bertz CT molecular complexity index is 1190. The molecule has 1 N–H and O–H groups in total. The maximum atomic E-state index is 13.4. The summed E-state index contributed by atoms with van der Waals surface area (Å²) in [5.74, 6) is 0.237. The molecule has 0 saturated heterocycles. The molecule has 2 aromatic carbocycles. The SMILES string of the molecule is COc1ccc(C2=C(Nc3ccc(C)cc3)C(=O)N(Cc3ccncc3)C2=O)cc1OC. The molecule has 2 amide bonds. The van der Waals surface area contributed by atoms with Crippen LogP contribution in [0.5, 0.6) is 11.5 Å². The zero-order chi connectivity index (χ0) is 22.7. The van der Waals surface area contributed by atoms with Gasteiger partial charge >= 0.3 is 0 Å². The molecule has 1 aromatic heterocycles. The van der Waals surface area contributed by atoms with Crippen molar-refractivity contribution in [1.29, 1.82) is 0 Å². The van der Waals surface area contributed by atoms with Gasteiger partial charge in [-0.1, -0.05) is 23.8 Å². The predicted molar refractivity (Wildman–Crippen MR) is 121 cm³/mol. The average molecular weight is 429 g/mol. The molecule has 2 heterocycles. The lowest BCUT2D eigenvalue weighted by atomic mass is 10.0. The molecule has 1 aliphatic rings. The zero-order valence-electron chi connectivity index (χ0n) is 18.1. The third-order valence-electron chi connectivity index (χ3n) is 5.25. The van der Waals surface area contributed by atoms with Gasteiger partial charge in [0.2, 0.25) is 0 Å². The smallest absolute Gasteiger partial charge is 0.278 e. The molecule has 0 spiro atoms. The molecular weight excluding hydrogens is 406 g/mol. The maximum Gasteiger partial charge on any atom is 0.278 e. The van der Waals surface area contributed by atoms with Crippen LogP contribution in [0.3, 0.4) is 0 Å². The number of imide groups is 1. The molecule has 3 aromatic rings. The standard InChI is InChI=1S/C25H23N3O4/c1-16-4-7-19(8-5-16)27-23-22(18-6-9-20(31-2)21(14-18)32-3)24(29)28(25(23)30)15-17-10-12-26-13-11-17/h4-14,27H,15H2,1-3H3. The van der Waals surface area contributed by atoms with Gasteiger partial charge in [-0.3, -0.25) is 19.5 Å². The van der Waals surface area contributed by atoms with Gasteiger partial charge in [0, 0.05) is 18.1 Å². The summed E-state index contributed by atoms with van der Waals surface area (Å²) in [6.07, 6.45) is 3.27. The van der Waals surface area contributed by atoms with Crippen molar-refractivity contribution >= 4 is 23.1 Å². The van der Waals surface area contributed by atoms with Crippen LogP contribution >= 0.6 is 0 Å². The molecular formula is C25H23N3O4. The summed E-state index contributed by atoms with van der Waals surface area (Å²) in [7, 11) is 3.07. The summed E-state index contributed by atoms with van der Waals surface area (Å²) in [5.41, 5.74) is 3.69. The van der Waals surface area contributed by atoms with Gasteiger partial charge in [0.25, 0.3) is 11.8 Å². The van der Waals surface area contributed by atoms with E-state index in [1.54, 1.807) is 49.8 Å². The van der Waals surface area contributed by atoms with Crippen molar-refractivity contribution in [1.82, 2.24) is 9.88 Å². The molecule has 0 fully saturated rings. The number of aryl methyl sites for hydroxylation is 1. The molecule has 1 aliphatic heterocycles. The molecule has 0 atom stereocenters. The Morgan fingerprint density at radius 2 is 1.56 bits per heavy atom. The predicted octanol–water partition coefficient (Wildman–Crippen LogP) is 3.80. The number of amides is 2. The number of ether oxygens (including phenoxy) is 2. The van der Waals surface area contributed by atoms with Gasteiger partial charge < -0.3 is 14.8 Å². The zero-order valence-corrected chi connectivity index (χ0v) is 18.1. The Balaban J connectivity index is 1.78. The molecule has 0 bridgehead atoms. The Morgan fingerprint density at radius 3 is 2.22 bits per heavy atom. The number of carbonyl (C=O) groups excluding carboxylic acids is 2. The summed E-state index contributed by atoms with van der Waals surface area (Å²) in [4.78, 5) is 32.0. The van der Waals surface area contributed by atoms with E-state index in [0.29, 0.717) is 17.1 Å². The van der Waals surface area contributed by atoms with E-state index in [4.69, 9.17) is 9.47 Å². The van der Waals surface area contributed by atoms with Crippen LogP contribution in [0.1, 0.15) is 16.7 Å². The third kappa shape index (κ3) is 4.05. The lowest BCUT2D eigenvalue weighted by molar-refractivity contribution is -0.137. The number of nitrogens with zero attached hydrogens (tertiary/aromatic N) is 2. The molecule has 7 nitrogen and oxygen atoms in total. The van der Waals surface area contributed by atoms with E-state index in [2.05, 4.69) is 10.3 Å². The van der Waals surface area contributed by atoms with Gasteiger partial charge in [-0.15, -0.1) is 0 Å². The van der Waals surface area contributed by atoms with Crippen LogP contribution in [-0.2, 0) is 16.1 Å². The second kappa shape index (κ2) is 8.93. The van der Waals surface area contributed by atoms with E-state index in [1.807, 2.05) is 31.2 Å². The Morgan fingerprint density at radius 1 is 0.875 bits per heavy atom. The molecule has 4 rings (SSSR count). The van der Waals surface area contributed by atoms with Crippen molar-refractivity contribution in [2.24, 2.45) is 0 Å². The van der Waals surface area contributed by atoms with Crippen LogP contribution in [0.25, 0.3) is 5.57 Å². The second-order valence-corrected chi connectivity index (χ2v) is 7.36. The number of aromatic nitrogens is 1. The topological polar surface area (TPSA) is 80.8 Å². The minimum atomic E-state index is -0.392. The number of nitrogens with one attached hydrogen (secondary N) is 1. The largest absolute Gasteiger partial charge is 0.493 e. The molecule has 0 unspecified atom stereocenters. The van der Waals surface area contributed by atoms with Crippen LogP contribution in [0, 0.1) is 6.92 Å². The van der Waals surface area contributed by atoms with Crippen LogP contribution in [-0.4, -0.2) is 35.9 Å². The van der Waals surface area contributed by atoms with E-state index >= 15 is 0 Å². The highest BCUT2D eigenvalue weighted by Gasteiger charge is 2.39. The van der Waals surface area contributed by atoms with Crippen molar-refractivity contribution in [3.8, 4) is 11.5 Å². The van der Waals surface area contributed by atoms with E-state index in [9.17, 15) is 9.59 Å². The van der Waals surface area contributed by atoms with Crippen molar-refractivity contribution in [3.63, 3.8) is 0 Å². The molecule has 32 heavy (non-hydrogen) atoms. The van der Waals surface area contributed by atoms with E-state index in [1.165, 1.54) is 12.0 Å². The highest BCUT2D eigenvalue weighted by atomic mass is 16.5. The van der Waals surface area contributed by atoms with Gasteiger partial charge in [-0.2, -0.15) is 0 Å². The highest BCUT2D eigenvalue weighted by Crippen LogP contribution is 2.36. The van der Waals surface area contributed by atoms with Gasteiger partial charge in [0.15, 0.2) is 11.5 Å². The average Bonchev–Trinajstić information content (AvgIpc) is 3.05. The quantitative estimate of drug-likeness (QED) is 0.576. The summed E-state index contributed by atoms with van der Waals surface area (Å²) >= 11 is 0. The molecule has 0 radical (unpaired) electrons. The number of hydrogen-bond donors (Lipinski definition) is 1. The van der Waals surface area contributed by atoms with Gasteiger partial charge in [-0.05, 0) is 54.4 Å². The molecule has 0 saturated carbocycles. The number of carbonyl (C=O) groups is 2. The first-order valence-corrected chi connectivity index (χ1v) is 10.1. The van der Waals surface area contributed by atoms with E-state index in [-0.39, 0.29) is 23.7 Å². The lowest BCUT2D eigenvalue weighted by Crippen LogP contribution is -2.32. The van der Waals surface area contributed by atoms with Crippen LogP contribution < -0.4 is 14.8 Å². The van der Waals surface area contributed by atoms with Crippen molar-refractivity contribution in [3.05, 3.63) is 89.4 Å². The number of anilines is 1. The summed E-state index contributed by atoms with van der Waals surface area (Å²) < 4.78 is 10.7. The number of rotatable bonds is 7. The first-order chi connectivity index (χ1) is 15.5. The molecule has 162 valence electrons. The minimum absolute atomic E-state index is 0.149. The normalized spacial score (nSPS) is 13.5. The second-order valence-electron chi connectivity index (χ2n) is 7.36. The molecule has 0 aliphatic carbocycles. The van der Waals surface area contributed by atoms with Gasteiger partial charge in [0.1, 0.15) is 5.70 Å². The summed E-state index contributed by atoms with van der Waals surface area (Å²) in [6.45, 7) is 2.13. The molecule has 7 heteroatoms. The van der Waals surface area contributed by atoms with E-state index in [0.717, 1.165) is 16.8 Å². The van der Waals surface area contributed by atoms with Crippen LogP contribution in [0.15, 0.2) is 72.7 Å². The monoisotopic (exact) mass is 429 g/mol. The van der Waals surface area contributed by atoms with Crippen LogP contribution in [0.4, 0.5) is 5.69 Å². The van der Waals surface area contributed by atoms with E-state index < -0.39 is 5.91 Å². The summed E-state index contributed by atoms with van der Waals surface area (Å²) in [5, 5.41) is 3.16. The lowest BCUT2D eigenvalue weighted by Gasteiger charge is -2.15. The number of benzene rings is 2. The Kier molecular flexibility index (Phi) is 5.89. The Labute approximate surface area is 186 Å². The Hall–Kier alpha value is -4.13. The minimum Gasteiger partial charge on any atom is -0.493 e. The van der Waals surface area contributed by atoms with Crippen molar-refractivity contribution < 1.29 is 19.1 Å². The maximum absolute atomic E-state index is 13.4. The number of hydrogen-bond acceptors (Lipinski definition) is 6.